The Morgan fingerprint density at radius 3 is 2.54 bits per heavy atom. The molecule has 0 spiro atoms. The van der Waals surface area contributed by atoms with Crippen molar-refractivity contribution in [1.29, 1.82) is 0 Å². The van der Waals surface area contributed by atoms with Gasteiger partial charge in [0, 0.05) is 42.7 Å². The highest BCUT2D eigenvalue weighted by molar-refractivity contribution is 6.39. The lowest BCUT2D eigenvalue weighted by Gasteiger charge is -2.28. The quantitative estimate of drug-likeness (QED) is 0.194. The molecule has 3 aliphatic rings. The number of anilines is 1. The minimum Gasteiger partial charge on any atom is -0.373 e. The van der Waals surface area contributed by atoms with Gasteiger partial charge in [-0.1, -0.05) is 34.4 Å². The van der Waals surface area contributed by atoms with Gasteiger partial charge < -0.3 is 14.2 Å². The van der Waals surface area contributed by atoms with Gasteiger partial charge in [0.05, 0.1) is 40.8 Å². The molecule has 0 N–H and O–H groups in total. The van der Waals surface area contributed by atoms with Crippen LogP contribution in [0.4, 0.5) is 11.4 Å². The van der Waals surface area contributed by atoms with Crippen LogP contribution in [0.2, 0.25) is 10.0 Å². The molecule has 2 unspecified atom stereocenters. The molecule has 2 aromatic carbocycles. The SMILES string of the molecule is C=Nc1cc(C=O)ccc1N(C)CN1CC2CC(OCc3c(-c4c(Cl)cccc4Cl)noc3C3CC3)C[C@H]2C1. The number of halogens is 2. The number of rotatable bonds is 10. The maximum absolute atomic E-state index is 11.1. The highest BCUT2D eigenvalue weighted by Crippen LogP contribution is 2.47. The number of carbonyl (C=O) groups excluding carboxylic acids is 1. The molecule has 0 bridgehead atoms. The van der Waals surface area contributed by atoms with Crippen LogP contribution in [0.5, 0.6) is 0 Å². The van der Waals surface area contributed by atoms with Crippen LogP contribution in [0, 0.1) is 11.8 Å². The van der Waals surface area contributed by atoms with E-state index in [0.29, 0.717) is 51.2 Å². The van der Waals surface area contributed by atoms with E-state index < -0.39 is 0 Å². The Morgan fingerprint density at radius 1 is 1.18 bits per heavy atom. The van der Waals surface area contributed by atoms with E-state index in [0.717, 1.165) is 74.4 Å². The fourth-order valence-electron chi connectivity index (χ4n) is 6.28. The summed E-state index contributed by atoms with van der Waals surface area (Å²) in [5.41, 5.74) is 4.72. The van der Waals surface area contributed by atoms with Crippen LogP contribution in [-0.4, -0.2) is 56.0 Å². The van der Waals surface area contributed by atoms with Crippen LogP contribution in [0.15, 0.2) is 45.9 Å². The van der Waals surface area contributed by atoms with Crippen molar-refractivity contribution in [1.82, 2.24) is 10.1 Å². The minimum absolute atomic E-state index is 0.212. The molecule has 39 heavy (non-hydrogen) atoms. The Labute approximate surface area is 238 Å². The number of hydrogen-bond donors (Lipinski definition) is 0. The van der Waals surface area contributed by atoms with Gasteiger partial charge in [0.15, 0.2) is 0 Å². The molecule has 0 amide bonds. The third kappa shape index (κ3) is 5.38. The van der Waals surface area contributed by atoms with E-state index in [4.69, 9.17) is 32.5 Å². The van der Waals surface area contributed by atoms with Crippen molar-refractivity contribution in [3.63, 3.8) is 0 Å². The molecule has 3 aromatic rings. The molecular formula is C30H32Cl2N4O3. The van der Waals surface area contributed by atoms with Gasteiger partial charge in [-0.05, 0) is 74.6 Å². The van der Waals surface area contributed by atoms with Crippen molar-refractivity contribution in [2.75, 3.05) is 31.7 Å². The van der Waals surface area contributed by atoms with Gasteiger partial charge in [-0.25, -0.2) is 0 Å². The van der Waals surface area contributed by atoms with Crippen LogP contribution in [0.1, 0.15) is 53.3 Å². The van der Waals surface area contributed by atoms with E-state index in [-0.39, 0.29) is 6.10 Å². The first-order valence-corrected chi connectivity index (χ1v) is 14.2. The van der Waals surface area contributed by atoms with E-state index in [2.05, 4.69) is 33.7 Å². The number of ether oxygens (including phenoxy) is 1. The second-order valence-electron chi connectivity index (χ2n) is 11.1. The number of fused-ring (bicyclic) bond motifs is 1. The van der Waals surface area contributed by atoms with E-state index in [1.54, 1.807) is 6.07 Å². The molecule has 204 valence electrons. The molecule has 1 aromatic heterocycles. The summed E-state index contributed by atoms with van der Waals surface area (Å²) >= 11 is 13.0. The van der Waals surface area contributed by atoms with Gasteiger partial charge in [-0.2, -0.15) is 0 Å². The Hall–Kier alpha value is -2.71. The third-order valence-corrected chi connectivity index (χ3v) is 8.97. The van der Waals surface area contributed by atoms with Crippen LogP contribution < -0.4 is 4.90 Å². The Morgan fingerprint density at radius 2 is 1.90 bits per heavy atom. The molecule has 1 aliphatic heterocycles. The summed E-state index contributed by atoms with van der Waals surface area (Å²) in [5, 5.41) is 5.52. The molecule has 7 nitrogen and oxygen atoms in total. The summed E-state index contributed by atoms with van der Waals surface area (Å²) in [6.45, 7) is 7.02. The number of benzene rings is 2. The van der Waals surface area contributed by atoms with E-state index in [1.165, 1.54) is 0 Å². The fourth-order valence-corrected chi connectivity index (χ4v) is 6.86. The standard InChI is InChI=1S/C30H32Cl2N4O3/c1-33-26-10-18(15-37)6-9-27(26)35(2)17-36-13-20-11-22(12-21(20)14-36)38-16-23-29(34-39-30(23)19-7-8-19)28-24(31)4-3-5-25(28)32/h3-6,9-10,15,19-22H,1,7-8,11-14,16-17H2,2H3/t20-,21?,22?/m0/s1. The van der Waals surface area contributed by atoms with Crippen molar-refractivity contribution in [3.05, 3.63) is 63.3 Å². The molecular weight excluding hydrogens is 535 g/mol. The first-order chi connectivity index (χ1) is 18.9. The summed E-state index contributed by atoms with van der Waals surface area (Å²) in [5.74, 6) is 2.55. The normalized spacial score (nSPS) is 22.7. The predicted molar refractivity (Wildman–Crippen MR) is 155 cm³/mol. The average Bonchev–Trinajstić information content (AvgIpc) is 3.43. The van der Waals surface area contributed by atoms with E-state index in [1.807, 2.05) is 30.3 Å². The Balaban J connectivity index is 1.08. The molecule has 0 radical (unpaired) electrons. The number of aromatic nitrogens is 1. The highest BCUT2D eigenvalue weighted by Gasteiger charge is 2.42. The predicted octanol–water partition coefficient (Wildman–Crippen LogP) is 6.99. The summed E-state index contributed by atoms with van der Waals surface area (Å²) in [7, 11) is 2.06. The van der Waals surface area contributed by atoms with Crippen LogP contribution in [0.3, 0.4) is 0 Å². The van der Waals surface area contributed by atoms with Gasteiger partial charge in [0.1, 0.15) is 17.7 Å². The van der Waals surface area contributed by atoms with Gasteiger partial charge in [-0.3, -0.25) is 14.7 Å². The molecule has 2 aliphatic carbocycles. The minimum atomic E-state index is 0.212. The maximum atomic E-state index is 11.1. The van der Waals surface area contributed by atoms with Crippen molar-refractivity contribution >= 4 is 47.6 Å². The first-order valence-electron chi connectivity index (χ1n) is 13.5. The molecule has 2 heterocycles. The zero-order chi connectivity index (χ0) is 27.1. The summed E-state index contributed by atoms with van der Waals surface area (Å²) in [6.07, 6.45) is 5.36. The van der Waals surface area contributed by atoms with Gasteiger partial charge in [-0.15, -0.1) is 0 Å². The molecule has 9 heteroatoms. The molecule has 1 saturated heterocycles. The number of nitrogens with zero attached hydrogens (tertiary/aromatic N) is 4. The second kappa shape index (κ2) is 11.0. The number of likely N-dealkylation sites (tertiary alicyclic amines) is 1. The lowest BCUT2D eigenvalue weighted by Crippen LogP contribution is -2.35. The van der Waals surface area contributed by atoms with Gasteiger partial charge in [0.25, 0.3) is 0 Å². The molecule has 3 fully saturated rings. The molecule has 6 rings (SSSR count). The van der Waals surface area contributed by atoms with E-state index >= 15 is 0 Å². The summed E-state index contributed by atoms with van der Waals surface area (Å²) in [6, 6.07) is 11.0. The van der Waals surface area contributed by atoms with Gasteiger partial charge in [0.2, 0.25) is 0 Å². The van der Waals surface area contributed by atoms with Crippen LogP contribution in [0.25, 0.3) is 11.3 Å². The van der Waals surface area contributed by atoms with Crippen LogP contribution in [-0.2, 0) is 11.3 Å². The largest absolute Gasteiger partial charge is 0.373 e. The lowest BCUT2D eigenvalue weighted by molar-refractivity contribution is 0.0371. The van der Waals surface area contributed by atoms with E-state index in [9.17, 15) is 4.79 Å². The zero-order valence-electron chi connectivity index (χ0n) is 22.0. The van der Waals surface area contributed by atoms with Crippen molar-refractivity contribution in [2.45, 2.75) is 44.3 Å². The fraction of sp³-hybridized carbons (Fsp3) is 0.433. The molecule has 2 saturated carbocycles. The monoisotopic (exact) mass is 566 g/mol. The third-order valence-electron chi connectivity index (χ3n) is 8.34. The number of aliphatic imine (C=N–C) groups is 1. The number of hydrogen-bond acceptors (Lipinski definition) is 7. The highest BCUT2D eigenvalue weighted by atomic mass is 35.5. The summed E-state index contributed by atoms with van der Waals surface area (Å²) in [4.78, 5) is 19.9. The summed E-state index contributed by atoms with van der Waals surface area (Å²) < 4.78 is 12.3. The zero-order valence-corrected chi connectivity index (χ0v) is 23.5. The van der Waals surface area contributed by atoms with Crippen molar-refractivity contribution in [2.24, 2.45) is 16.8 Å². The van der Waals surface area contributed by atoms with Crippen LogP contribution >= 0.6 is 23.2 Å². The second-order valence-corrected chi connectivity index (χ2v) is 11.9. The Kier molecular flexibility index (Phi) is 7.51. The molecule has 3 atom stereocenters. The average molecular weight is 568 g/mol. The number of carbonyl (C=O) groups is 1. The smallest absolute Gasteiger partial charge is 0.150 e. The lowest BCUT2D eigenvalue weighted by atomic mass is 10.0. The maximum Gasteiger partial charge on any atom is 0.150 e. The van der Waals surface area contributed by atoms with Gasteiger partial charge >= 0.3 is 0 Å². The van der Waals surface area contributed by atoms with Crippen molar-refractivity contribution < 1.29 is 14.1 Å². The van der Waals surface area contributed by atoms with Crippen molar-refractivity contribution in [3.8, 4) is 11.3 Å². The Bertz CT molecular complexity index is 1350. The topological polar surface area (TPSA) is 71.2 Å². The number of aldehydes is 1. The first kappa shape index (κ1) is 26.5.